The molecule has 0 aromatic heterocycles. The predicted octanol–water partition coefficient (Wildman–Crippen LogP) is 2.70. The molecule has 5 nitrogen and oxygen atoms in total. The van der Waals surface area contributed by atoms with Crippen molar-refractivity contribution < 1.29 is 14.7 Å². The van der Waals surface area contributed by atoms with E-state index in [0.29, 0.717) is 5.56 Å². The average Bonchev–Trinajstić information content (AvgIpc) is 2.47. The summed E-state index contributed by atoms with van der Waals surface area (Å²) in [5, 5.41) is 9.69. The number of rotatable bonds is 3. The number of phenols is 1. The Morgan fingerprint density at radius 1 is 1.05 bits per heavy atom. The summed E-state index contributed by atoms with van der Waals surface area (Å²) in [4.78, 5) is 23.7. The van der Waals surface area contributed by atoms with Gasteiger partial charge < -0.3 is 5.11 Å². The van der Waals surface area contributed by atoms with E-state index in [1.807, 2.05) is 0 Å². The number of aromatic hydroxyl groups is 1. The van der Waals surface area contributed by atoms with Crippen LogP contribution in [0.3, 0.4) is 0 Å². The van der Waals surface area contributed by atoms with Gasteiger partial charge in [0.1, 0.15) is 5.75 Å². The van der Waals surface area contributed by atoms with Crippen molar-refractivity contribution >= 4 is 35.0 Å². The Hall–Kier alpha value is -2.24. The van der Waals surface area contributed by atoms with Crippen molar-refractivity contribution in [1.29, 1.82) is 0 Å². The molecular formula is C15H12Cl2N2O3. The van der Waals surface area contributed by atoms with E-state index in [-0.39, 0.29) is 27.8 Å². The van der Waals surface area contributed by atoms with Crippen molar-refractivity contribution in [2.24, 2.45) is 0 Å². The Balaban J connectivity index is 1.93. The van der Waals surface area contributed by atoms with Crippen LogP contribution in [0.5, 0.6) is 5.75 Å². The molecule has 0 fully saturated rings. The third-order valence-corrected chi connectivity index (χ3v) is 3.61. The van der Waals surface area contributed by atoms with Gasteiger partial charge in [0.25, 0.3) is 5.91 Å². The maximum Gasteiger partial charge on any atom is 0.271 e. The molecule has 0 spiro atoms. The Bertz CT molecular complexity index is 720. The largest absolute Gasteiger partial charge is 0.508 e. The summed E-state index contributed by atoms with van der Waals surface area (Å²) in [5.74, 6) is -0.936. The molecule has 2 aromatic rings. The molecule has 0 aliphatic carbocycles. The lowest BCUT2D eigenvalue weighted by Crippen LogP contribution is -2.42. The molecule has 22 heavy (non-hydrogen) atoms. The second kappa shape index (κ2) is 7.15. The van der Waals surface area contributed by atoms with E-state index in [0.717, 1.165) is 0 Å². The zero-order valence-corrected chi connectivity index (χ0v) is 12.8. The summed E-state index contributed by atoms with van der Waals surface area (Å²) in [6, 6.07) is 10.9. The van der Waals surface area contributed by atoms with Crippen LogP contribution in [0.25, 0.3) is 0 Å². The number of hydrogen-bond acceptors (Lipinski definition) is 3. The van der Waals surface area contributed by atoms with Crippen LogP contribution in [-0.4, -0.2) is 16.9 Å². The second-order valence-corrected chi connectivity index (χ2v) is 5.24. The van der Waals surface area contributed by atoms with E-state index < -0.39 is 11.8 Å². The highest BCUT2D eigenvalue weighted by Gasteiger charge is 2.13. The zero-order valence-electron chi connectivity index (χ0n) is 11.3. The standard InChI is InChI=1S/C15H12Cl2N2O3/c16-12-6-2-5-11(14(12)17)15(22)19-18-13(21)8-9-3-1-4-10(20)7-9/h1-7,20H,8H2,(H,18,21)(H,19,22). The molecule has 0 aliphatic heterocycles. The topological polar surface area (TPSA) is 78.4 Å². The Morgan fingerprint density at radius 3 is 2.50 bits per heavy atom. The van der Waals surface area contributed by atoms with E-state index in [1.165, 1.54) is 18.2 Å². The first-order valence-corrected chi connectivity index (χ1v) is 7.04. The van der Waals surface area contributed by atoms with Gasteiger partial charge in [-0.3, -0.25) is 20.4 Å². The quantitative estimate of drug-likeness (QED) is 0.753. The van der Waals surface area contributed by atoms with E-state index in [9.17, 15) is 14.7 Å². The molecule has 2 amide bonds. The molecule has 7 heteroatoms. The van der Waals surface area contributed by atoms with Crippen molar-refractivity contribution in [3.05, 3.63) is 63.6 Å². The number of amides is 2. The number of carbonyl (C=O) groups is 2. The molecule has 0 aliphatic rings. The number of carbonyl (C=O) groups excluding carboxylic acids is 2. The first-order chi connectivity index (χ1) is 10.5. The molecule has 0 saturated heterocycles. The Kier molecular flexibility index (Phi) is 5.25. The summed E-state index contributed by atoms with van der Waals surface area (Å²) >= 11 is 11.7. The summed E-state index contributed by atoms with van der Waals surface area (Å²) in [7, 11) is 0. The van der Waals surface area contributed by atoms with Gasteiger partial charge >= 0.3 is 0 Å². The van der Waals surface area contributed by atoms with E-state index in [2.05, 4.69) is 10.9 Å². The van der Waals surface area contributed by atoms with E-state index >= 15 is 0 Å². The highest BCUT2D eigenvalue weighted by atomic mass is 35.5. The highest BCUT2D eigenvalue weighted by molar-refractivity contribution is 6.43. The number of nitrogens with one attached hydrogen (secondary N) is 2. The van der Waals surface area contributed by atoms with Gasteiger partial charge in [-0.05, 0) is 29.8 Å². The van der Waals surface area contributed by atoms with Crippen LogP contribution in [-0.2, 0) is 11.2 Å². The first-order valence-electron chi connectivity index (χ1n) is 6.28. The molecular weight excluding hydrogens is 327 g/mol. The van der Waals surface area contributed by atoms with Gasteiger partial charge in [0.05, 0.1) is 22.0 Å². The number of halogens is 2. The molecule has 114 valence electrons. The smallest absolute Gasteiger partial charge is 0.271 e. The third kappa shape index (κ3) is 4.13. The summed E-state index contributed by atoms with van der Waals surface area (Å²) < 4.78 is 0. The summed E-state index contributed by atoms with van der Waals surface area (Å²) in [6.07, 6.45) is 0.0119. The van der Waals surface area contributed by atoms with Crippen molar-refractivity contribution in [2.75, 3.05) is 0 Å². The van der Waals surface area contributed by atoms with Crippen LogP contribution in [0.1, 0.15) is 15.9 Å². The lowest BCUT2D eigenvalue weighted by Gasteiger charge is -2.09. The molecule has 0 heterocycles. The van der Waals surface area contributed by atoms with Gasteiger partial charge in [0.2, 0.25) is 5.91 Å². The molecule has 2 aromatic carbocycles. The second-order valence-electron chi connectivity index (χ2n) is 4.45. The fourth-order valence-corrected chi connectivity index (χ4v) is 2.16. The minimum absolute atomic E-state index is 0.0119. The fourth-order valence-electron chi connectivity index (χ4n) is 1.77. The van der Waals surface area contributed by atoms with E-state index in [4.69, 9.17) is 23.2 Å². The van der Waals surface area contributed by atoms with E-state index in [1.54, 1.807) is 24.3 Å². The normalized spacial score (nSPS) is 10.1. The minimum atomic E-state index is -0.572. The van der Waals surface area contributed by atoms with Gasteiger partial charge in [0.15, 0.2) is 0 Å². The highest BCUT2D eigenvalue weighted by Crippen LogP contribution is 2.25. The SMILES string of the molecule is O=C(Cc1cccc(O)c1)NNC(=O)c1cccc(Cl)c1Cl. The van der Waals surface area contributed by atoms with Crippen LogP contribution < -0.4 is 10.9 Å². The van der Waals surface area contributed by atoms with Crippen LogP contribution in [0.15, 0.2) is 42.5 Å². The van der Waals surface area contributed by atoms with Gasteiger partial charge in [-0.15, -0.1) is 0 Å². The monoisotopic (exact) mass is 338 g/mol. The van der Waals surface area contributed by atoms with Crippen molar-refractivity contribution in [2.45, 2.75) is 6.42 Å². The molecule has 3 N–H and O–H groups in total. The van der Waals surface area contributed by atoms with Gasteiger partial charge in [-0.2, -0.15) is 0 Å². The Morgan fingerprint density at radius 2 is 1.77 bits per heavy atom. The van der Waals surface area contributed by atoms with Crippen LogP contribution in [0.4, 0.5) is 0 Å². The minimum Gasteiger partial charge on any atom is -0.508 e. The maximum absolute atomic E-state index is 11.9. The average molecular weight is 339 g/mol. The first kappa shape index (κ1) is 16.1. The fraction of sp³-hybridized carbons (Fsp3) is 0.0667. The maximum atomic E-state index is 11.9. The van der Waals surface area contributed by atoms with Crippen molar-refractivity contribution in [1.82, 2.24) is 10.9 Å². The van der Waals surface area contributed by atoms with Gasteiger partial charge in [-0.25, -0.2) is 0 Å². The number of phenolic OH excluding ortho intramolecular Hbond substituents is 1. The number of benzene rings is 2. The zero-order chi connectivity index (χ0) is 16.1. The molecule has 0 radical (unpaired) electrons. The molecule has 2 rings (SSSR count). The lowest BCUT2D eigenvalue weighted by molar-refractivity contribution is -0.121. The molecule has 0 saturated carbocycles. The van der Waals surface area contributed by atoms with Crippen molar-refractivity contribution in [3.8, 4) is 5.75 Å². The Labute approximate surface area is 136 Å². The van der Waals surface area contributed by atoms with Crippen LogP contribution >= 0.6 is 23.2 Å². The third-order valence-electron chi connectivity index (χ3n) is 2.79. The molecule has 0 atom stereocenters. The van der Waals surface area contributed by atoms with Gasteiger partial charge in [-0.1, -0.05) is 41.4 Å². The van der Waals surface area contributed by atoms with Crippen LogP contribution in [0.2, 0.25) is 10.0 Å². The summed E-state index contributed by atoms with van der Waals surface area (Å²) in [6.45, 7) is 0. The van der Waals surface area contributed by atoms with Crippen molar-refractivity contribution in [3.63, 3.8) is 0 Å². The lowest BCUT2D eigenvalue weighted by atomic mass is 10.1. The van der Waals surface area contributed by atoms with Gasteiger partial charge in [0, 0.05) is 0 Å². The molecule has 0 bridgehead atoms. The van der Waals surface area contributed by atoms with Crippen LogP contribution in [0, 0.1) is 0 Å². The number of hydrazine groups is 1. The number of hydrogen-bond donors (Lipinski definition) is 3. The molecule has 0 unspecified atom stereocenters. The summed E-state index contributed by atoms with van der Waals surface area (Å²) in [5.41, 5.74) is 5.31. The predicted molar refractivity (Wildman–Crippen MR) is 83.9 cm³/mol.